The van der Waals surface area contributed by atoms with Gasteiger partial charge in [0.2, 0.25) is 0 Å². The molecule has 104 valence electrons. The van der Waals surface area contributed by atoms with E-state index >= 15 is 0 Å². The molecule has 20 heavy (non-hydrogen) atoms. The lowest BCUT2D eigenvalue weighted by Gasteiger charge is -2.14. The van der Waals surface area contributed by atoms with Gasteiger partial charge in [-0.05, 0) is 17.7 Å². The van der Waals surface area contributed by atoms with Crippen molar-refractivity contribution in [3.8, 4) is 11.5 Å². The van der Waals surface area contributed by atoms with Crippen LogP contribution in [-0.4, -0.2) is 13.0 Å². The molecular weight excluding hydrogens is 256 g/mol. The molecule has 0 aliphatic rings. The number of anilines is 1. The van der Waals surface area contributed by atoms with Gasteiger partial charge in [-0.1, -0.05) is 30.3 Å². The molecular formula is C15H16N2O3. The topological polar surface area (TPSA) is 87.6 Å². The number of carbonyl (C=O) groups excluding carboxylic acids is 1. The third-order valence-electron chi connectivity index (χ3n) is 2.87. The van der Waals surface area contributed by atoms with Gasteiger partial charge in [0.15, 0.2) is 11.5 Å². The largest absolute Gasteiger partial charge is 0.491 e. The van der Waals surface area contributed by atoms with Crippen LogP contribution in [0.2, 0.25) is 0 Å². The predicted octanol–water partition coefficient (Wildman–Crippen LogP) is 1.96. The molecule has 2 aromatic rings. The van der Waals surface area contributed by atoms with E-state index in [4.69, 9.17) is 20.9 Å². The van der Waals surface area contributed by atoms with Gasteiger partial charge < -0.3 is 20.9 Å². The minimum absolute atomic E-state index is 0.186. The van der Waals surface area contributed by atoms with E-state index in [0.717, 1.165) is 5.56 Å². The molecule has 0 unspecified atom stereocenters. The van der Waals surface area contributed by atoms with E-state index in [1.807, 2.05) is 30.3 Å². The number of carbonyl (C=O) groups is 1. The van der Waals surface area contributed by atoms with Gasteiger partial charge in [-0.25, -0.2) is 0 Å². The van der Waals surface area contributed by atoms with E-state index in [1.54, 1.807) is 6.07 Å². The molecule has 2 aromatic carbocycles. The standard InChI is InChI=1S/C15H16N2O3/c1-19-14-12(8-7-11(13(14)16)15(17)18)20-9-10-5-3-2-4-6-10/h2-8H,9,16H2,1H3,(H2,17,18). The lowest BCUT2D eigenvalue weighted by atomic mass is 10.1. The summed E-state index contributed by atoms with van der Waals surface area (Å²) in [5.41, 5.74) is 12.5. The van der Waals surface area contributed by atoms with E-state index in [9.17, 15) is 4.79 Å². The maximum Gasteiger partial charge on any atom is 0.250 e. The third-order valence-corrected chi connectivity index (χ3v) is 2.87. The molecule has 0 bridgehead atoms. The monoisotopic (exact) mass is 272 g/mol. The van der Waals surface area contributed by atoms with Crippen LogP contribution in [0, 0.1) is 0 Å². The molecule has 1 amide bonds. The number of primary amides is 1. The molecule has 0 saturated heterocycles. The summed E-state index contributed by atoms with van der Waals surface area (Å²) in [6.45, 7) is 0.382. The van der Waals surface area contributed by atoms with Crippen LogP contribution in [-0.2, 0) is 6.61 Å². The average Bonchev–Trinajstić information content (AvgIpc) is 2.45. The van der Waals surface area contributed by atoms with Crippen LogP contribution < -0.4 is 20.9 Å². The molecule has 4 N–H and O–H groups in total. The molecule has 0 fully saturated rings. The second kappa shape index (κ2) is 5.97. The lowest BCUT2D eigenvalue weighted by Crippen LogP contribution is -2.14. The summed E-state index contributed by atoms with van der Waals surface area (Å²) < 4.78 is 10.9. The summed E-state index contributed by atoms with van der Waals surface area (Å²) in [5.74, 6) is 0.187. The van der Waals surface area contributed by atoms with E-state index in [-0.39, 0.29) is 11.3 Å². The van der Waals surface area contributed by atoms with Gasteiger partial charge in [0.1, 0.15) is 6.61 Å². The quantitative estimate of drug-likeness (QED) is 0.814. The summed E-state index contributed by atoms with van der Waals surface area (Å²) in [6, 6.07) is 12.9. The smallest absolute Gasteiger partial charge is 0.250 e. The third kappa shape index (κ3) is 2.83. The lowest BCUT2D eigenvalue weighted by molar-refractivity contribution is 0.100. The first-order valence-electron chi connectivity index (χ1n) is 6.06. The van der Waals surface area contributed by atoms with Crippen molar-refractivity contribution in [1.29, 1.82) is 0 Å². The number of nitrogen functional groups attached to an aromatic ring is 1. The van der Waals surface area contributed by atoms with E-state index < -0.39 is 5.91 Å². The normalized spacial score (nSPS) is 10.1. The summed E-state index contributed by atoms with van der Waals surface area (Å²) in [4.78, 5) is 11.2. The van der Waals surface area contributed by atoms with Crippen LogP contribution in [0.3, 0.4) is 0 Å². The number of amides is 1. The minimum atomic E-state index is -0.601. The second-order valence-corrected chi connectivity index (χ2v) is 4.20. The summed E-state index contributed by atoms with van der Waals surface area (Å²) in [6.07, 6.45) is 0. The second-order valence-electron chi connectivity index (χ2n) is 4.20. The highest BCUT2D eigenvalue weighted by atomic mass is 16.5. The number of hydrogen-bond acceptors (Lipinski definition) is 4. The van der Waals surface area contributed by atoms with Gasteiger partial charge in [-0.15, -0.1) is 0 Å². The molecule has 0 atom stereocenters. The number of hydrogen-bond donors (Lipinski definition) is 2. The average molecular weight is 272 g/mol. The van der Waals surface area contributed by atoms with E-state index in [1.165, 1.54) is 13.2 Å². The number of methoxy groups -OCH3 is 1. The van der Waals surface area contributed by atoms with Gasteiger partial charge in [0, 0.05) is 0 Å². The summed E-state index contributed by atoms with van der Waals surface area (Å²) >= 11 is 0. The van der Waals surface area contributed by atoms with Crippen LogP contribution in [0.25, 0.3) is 0 Å². The Morgan fingerprint density at radius 3 is 2.45 bits per heavy atom. The molecule has 0 aliphatic carbocycles. The van der Waals surface area contributed by atoms with Crippen molar-refractivity contribution in [1.82, 2.24) is 0 Å². The summed E-state index contributed by atoms with van der Waals surface area (Å²) in [5, 5.41) is 0. The highest BCUT2D eigenvalue weighted by molar-refractivity contribution is 5.99. The number of benzene rings is 2. The molecule has 0 heterocycles. The Bertz CT molecular complexity index is 612. The first kappa shape index (κ1) is 13.7. The highest BCUT2D eigenvalue weighted by Crippen LogP contribution is 2.36. The number of rotatable bonds is 5. The van der Waals surface area contributed by atoms with Crippen LogP contribution in [0.4, 0.5) is 5.69 Å². The first-order valence-corrected chi connectivity index (χ1v) is 6.06. The van der Waals surface area contributed by atoms with Gasteiger partial charge >= 0.3 is 0 Å². The van der Waals surface area contributed by atoms with Gasteiger partial charge in [-0.2, -0.15) is 0 Å². The van der Waals surface area contributed by atoms with Crippen molar-refractivity contribution in [3.63, 3.8) is 0 Å². The zero-order valence-electron chi connectivity index (χ0n) is 11.1. The van der Waals surface area contributed by atoms with Crippen LogP contribution in [0.1, 0.15) is 15.9 Å². The maximum absolute atomic E-state index is 11.2. The molecule has 0 radical (unpaired) electrons. The van der Waals surface area contributed by atoms with Crippen molar-refractivity contribution < 1.29 is 14.3 Å². The Kier molecular flexibility index (Phi) is 4.10. The Morgan fingerprint density at radius 2 is 1.85 bits per heavy atom. The van der Waals surface area contributed by atoms with Crippen molar-refractivity contribution in [2.45, 2.75) is 6.61 Å². The van der Waals surface area contributed by atoms with Crippen molar-refractivity contribution >= 4 is 11.6 Å². The molecule has 0 aromatic heterocycles. The Morgan fingerprint density at radius 1 is 1.15 bits per heavy atom. The van der Waals surface area contributed by atoms with Crippen molar-refractivity contribution in [2.24, 2.45) is 5.73 Å². The van der Waals surface area contributed by atoms with Crippen LogP contribution in [0.15, 0.2) is 42.5 Å². The SMILES string of the molecule is COc1c(OCc2ccccc2)ccc(C(N)=O)c1N. The van der Waals surface area contributed by atoms with Crippen LogP contribution >= 0.6 is 0 Å². The Balaban J connectivity index is 2.24. The highest BCUT2D eigenvalue weighted by Gasteiger charge is 2.15. The number of nitrogens with two attached hydrogens (primary N) is 2. The molecule has 0 aliphatic heterocycles. The summed E-state index contributed by atoms with van der Waals surface area (Å²) in [7, 11) is 1.46. The minimum Gasteiger partial charge on any atom is -0.491 e. The maximum atomic E-state index is 11.2. The Labute approximate surface area is 117 Å². The van der Waals surface area contributed by atoms with E-state index in [0.29, 0.717) is 18.1 Å². The molecule has 5 nitrogen and oxygen atoms in total. The first-order chi connectivity index (χ1) is 9.63. The van der Waals surface area contributed by atoms with Gasteiger partial charge in [0.05, 0.1) is 18.4 Å². The van der Waals surface area contributed by atoms with E-state index in [2.05, 4.69) is 0 Å². The fourth-order valence-corrected chi connectivity index (χ4v) is 1.85. The molecule has 0 spiro atoms. The van der Waals surface area contributed by atoms with Crippen molar-refractivity contribution in [2.75, 3.05) is 12.8 Å². The fraction of sp³-hybridized carbons (Fsp3) is 0.133. The van der Waals surface area contributed by atoms with Crippen LogP contribution in [0.5, 0.6) is 11.5 Å². The van der Waals surface area contributed by atoms with Gasteiger partial charge in [-0.3, -0.25) is 4.79 Å². The van der Waals surface area contributed by atoms with Crippen molar-refractivity contribution in [3.05, 3.63) is 53.6 Å². The Hall–Kier alpha value is -2.69. The fourth-order valence-electron chi connectivity index (χ4n) is 1.85. The zero-order chi connectivity index (χ0) is 14.5. The molecule has 2 rings (SSSR count). The zero-order valence-corrected chi connectivity index (χ0v) is 11.1. The molecule has 0 saturated carbocycles. The number of ether oxygens (including phenoxy) is 2. The molecule has 5 heteroatoms. The van der Waals surface area contributed by atoms with Gasteiger partial charge in [0.25, 0.3) is 5.91 Å². The predicted molar refractivity (Wildman–Crippen MR) is 76.7 cm³/mol.